The van der Waals surface area contributed by atoms with Crippen LogP contribution in [0.4, 0.5) is 4.79 Å². The van der Waals surface area contributed by atoms with Crippen LogP contribution < -0.4 is 10.6 Å². The van der Waals surface area contributed by atoms with Crippen molar-refractivity contribution in [2.45, 2.75) is 32.2 Å². The number of carbonyl (C=O) groups excluding carboxylic acids is 2. The molecule has 9 heteroatoms. The van der Waals surface area contributed by atoms with E-state index in [0.29, 0.717) is 12.8 Å². The van der Waals surface area contributed by atoms with E-state index in [-0.39, 0.29) is 37.1 Å². The largest absolute Gasteiger partial charge is 0.481 e. The van der Waals surface area contributed by atoms with E-state index in [1.54, 1.807) is 0 Å². The van der Waals surface area contributed by atoms with E-state index in [2.05, 4.69) is 27.8 Å². The molecule has 3 aromatic rings. The van der Waals surface area contributed by atoms with Gasteiger partial charge in [-0.1, -0.05) is 61.9 Å². The number of oxazole rings is 1. The number of nitrogens with one attached hydrogen (secondary N) is 2. The quantitative estimate of drug-likeness (QED) is 0.403. The van der Waals surface area contributed by atoms with E-state index in [1.165, 1.54) is 0 Å². The molecule has 0 spiro atoms. The first-order valence-electron chi connectivity index (χ1n) is 11.5. The molecule has 1 aromatic heterocycles. The molecule has 0 aliphatic heterocycles. The number of hydrogen-bond acceptors (Lipinski definition) is 6. The van der Waals surface area contributed by atoms with Crippen molar-refractivity contribution in [1.29, 1.82) is 0 Å². The summed E-state index contributed by atoms with van der Waals surface area (Å²) in [5, 5.41) is 14.4. The standard InChI is InChI=1S/C26H27N3O6/c1-2-7-16(25(31)32)12-27-24(30)23-22(35-15-29-23)13-28-26(33)34-14-21-19-10-5-3-8-17(19)18-9-4-6-11-20(18)21/h3-6,8-11,15-16,21H,2,7,12-14H2,1H3,(H,27,30)(H,28,33)(H,31,32). The van der Waals surface area contributed by atoms with Gasteiger partial charge < -0.3 is 24.9 Å². The zero-order chi connectivity index (χ0) is 24.8. The molecule has 182 valence electrons. The van der Waals surface area contributed by atoms with Crippen molar-refractivity contribution in [2.75, 3.05) is 13.2 Å². The first-order chi connectivity index (χ1) is 17.0. The topological polar surface area (TPSA) is 131 Å². The molecule has 3 N–H and O–H groups in total. The third-order valence-corrected chi connectivity index (χ3v) is 6.09. The average molecular weight is 478 g/mol. The van der Waals surface area contributed by atoms with Gasteiger partial charge in [0.25, 0.3) is 5.91 Å². The minimum Gasteiger partial charge on any atom is -0.481 e. The second-order valence-electron chi connectivity index (χ2n) is 8.34. The van der Waals surface area contributed by atoms with Crippen LogP contribution in [-0.2, 0) is 16.1 Å². The first kappa shape index (κ1) is 24.0. The highest BCUT2D eigenvalue weighted by molar-refractivity contribution is 5.93. The number of rotatable bonds is 10. The molecule has 0 saturated carbocycles. The number of carboxylic acids is 1. The smallest absolute Gasteiger partial charge is 0.407 e. The molecule has 0 saturated heterocycles. The summed E-state index contributed by atoms with van der Waals surface area (Å²) < 4.78 is 10.7. The Morgan fingerprint density at radius 3 is 2.34 bits per heavy atom. The van der Waals surface area contributed by atoms with Crippen LogP contribution >= 0.6 is 0 Å². The minimum atomic E-state index is -0.968. The monoisotopic (exact) mass is 477 g/mol. The lowest BCUT2D eigenvalue weighted by Gasteiger charge is -2.14. The summed E-state index contributed by atoms with van der Waals surface area (Å²) in [7, 11) is 0. The molecule has 2 amide bonds. The van der Waals surface area contributed by atoms with Crippen molar-refractivity contribution in [3.05, 3.63) is 77.5 Å². The molecule has 0 fully saturated rings. The van der Waals surface area contributed by atoms with Crippen LogP contribution in [0.25, 0.3) is 11.1 Å². The number of fused-ring (bicyclic) bond motifs is 3. The summed E-state index contributed by atoms with van der Waals surface area (Å²) in [5.41, 5.74) is 4.48. The number of benzene rings is 2. The van der Waals surface area contributed by atoms with Gasteiger partial charge in [-0.25, -0.2) is 9.78 Å². The SMILES string of the molecule is CCCC(CNC(=O)c1ncoc1CNC(=O)OCC1c2ccccc2-c2ccccc21)C(=O)O. The Kier molecular flexibility index (Phi) is 7.45. The molecule has 1 unspecified atom stereocenters. The molecular formula is C26H27N3O6. The van der Waals surface area contributed by atoms with Gasteiger partial charge in [0, 0.05) is 12.5 Å². The molecule has 2 aromatic carbocycles. The molecule has 35 heavy (non-hydrogen) atoms. The second-order valence-corrected chi connectivity index (χ2v) is 8.34. The van der Waals surface area contributed by atoms with E-state index in [0.717, 1.165) is 28.6 Å². The first-order valence-corrected chi connectivity index (χ1v) is 11.5. The summed E-state index contributed by atoms with van der Waals surface area (Å²) in [5.74, 6) is -2.13. The Morgan fingerprint density at radius 2 is 1.71 bits per heavy atom. The molecule has 4 rings (SSSR count). The van der Waals surface area contributed by atoms with Gasteiger partial charge in [-0.2, -0.15) is 0 Å². The predicted octanol–water partition coefficient (Wildman–Crippen LogP) is 3.94. The summed E-state index contributed by atoms with van der Waals surface area (Å²) in [6.07, 6.45) is 1.59. The fourth-order valence-electron chi connectivity index (χ4n) is 4.34. The van der Waals surface area contributed by atoms with Crippen molar-refractivity contribution >= 4 is 18.0 Å². The van der Waals surface area contributed by atoms with E-state index >= 15 is 0 Å². The Balaban J connectivity index is 1.32. The number of ether oxygens (including phenoxy) is 1. The Labute approximate surface area is 202 Å². The van der Waals surface area contributed by atoms with Crippen molar-refractivity contribution in [1.82, 2.24) is 15.6 Å². The van der Waals surface area contributed by atoms with Crippen LogP contribution in [0.2, 0.25) is 0 Å². The third-order valence-electron chi connectivity index (χ3n) is 6.09. The highest BCUT2D eigenvalue weighted by Crippen LogP contribution is 2.44. The van der Waals surface area contributed by atoms with Crippen LogP contribution in [0, 0.1) is 5.92 Å². The van der Waals surface area contributed by atoms with Crippen molar-refractivity contribution in [3.8, 4) is 11.1 Å². The van der Waals surface area contributed by atoms with Crippen LogP contribution in [0.15, 0.2) is 59.3 Å². The van der Waals surface area contributed by atoms with Gasteiger partial charge in [0.1, 0.15) is 6.61 Å². The maximum Gasteiger partial charge on any atom is 0.407 e. The van der Waals surface area contributed by atoms with E-state index < -0.39 is 23.9 Å². The average Bonchev–Trinajstić information content (AvgIpc) is 3.46. The normalized spacial score (nSPS) is 12.9. The molecule has 9 nitrogen and oxygen atoms in total. The number of amides is 2. The molecule has 0 bridgehead atoms. The Hall–Kier alpha value is -4.14. The highest BCUT2D eigenvalue weighted by atomic mass is 16.5. The lowest BCUT2D eigenvalue weighted by Crippen LogP contribution is -2.34. The van der Waals surface area contributed by atoms with Gasteiger partial charge in [-0.05, 0) is 28.7 Å². The van der Waals surface area contributed by atoms with Gasteiger partial charge in [-0.15, -0.1) is 0 Å². The zero-order valence-electron chi connectivity index (χ0n) is 19.3. The molecule has 0 radical (unpaired) electrons. The van der Waals surface area contributed by atoms with E-state index in [4.69, 9.17) is 9.15 Å². The van der Waals surface area contributed by atoms with Crippen LogP contribution in [0.5, 0.6) is 0 Å². The van der Waals surface area contributed by atoms with Crippen molar-refractivity contribution in [2.24, 2.45) is 5.92 Å². The fourth-order valence-corrected chi connectivity index (χ4v) is 4.34. The molecule has 1 heterocycles. The minimum absolute atomic E-state index is 0.00964. The summed E-state index contributed by atoms with van der Waals surface area (Å²) in [6, 6.07) is 16.1. The van der Waals surface area contributed by atoms with Gasteiger partial charge in [-0.3, -0.25) is 9.59 Å². The maximum atomic E-state index is 12.5. The van der Waals surface area contributed by atoms with Crippen LogP contribution in [0.1, 0.15) is 53.1 Å². The van der Waals surface area contributed by atoms with Crippen LogP contribution in [0.3, 0.4) is 0 Å². The van der Waals surface area contributed by atoms with Crippen molar-refractivity contribution in [3.63, 3.8) is 0 Å². The maximum absolute atomic E-state index is 12.5. The number of aromatic nitrogens is 1. The molecule has 1 atom stereocenters. The third kappa shape index (κ3) is 5.34. The lowest BCUT2D eigenvalue weighted by atomic mass is 9.98. The van der Waals surface area contributed by atoms with Gasteiger partial charge in [0.2, 0.25) is 0 Å². The Bertz CT molecular complexity index is 1180. The summed E-state index contributed by atoms with van der Waals surface area (Å²) in [4.78, 5) is 40.0. The molecular weight excluding hydrogens is 450 g/mol. The van der Waals surface area contributed by atoms with Gasteiger partial charge in [0.15, 0.2) is 17.8 Å². The Morgan fingerprint density at radius 1 is 1.06 bits per heavy atom. The number of carbonyl (C=O) groups is 3. The number of alkyl carbamates (subject to hydrolysis) is 1. The van der Waals surface area contributed by atoms with Crippen molar-refractivity contribution < 1.29 is 28.6 Å². The second kappa shape index (κ2) is 10.9. The van der Waals surface area contributed by atoms with Crippen LogP contribution in [-0.4, -0.2) is 41.2 Å². The highest BCUT2D eigenvalue weighted by Gasteiger charge is 2.29. The van der Waals surface area contributed by atoms with E-state index in [1.807, 2.05) is 43.3 Å². The number of hydrogen-bond donors (Lipinski definition) is 3. The predicted molar refractivity (Wildman–Crippen MR) is 127 cm³/mol. The zero-order valence-corrected chi connectivity index (χ0v) is 19.3. The summed E-state index contributed by atoms with van der Waals surface area (Å²) in [6.45, 7) is 1.92. The number of nitrogens with zero attached hydrogens (tertiary/aromatic N) is 1. The van der Waals surface area contributed by atoms with E-state index in [9.17, 15) is 19.5 Å². The van der Waals surface area contributed by atoms with Gasteiger partial charge >= 0.3 is 12.1 Å². The molecule has 1 aliphatic rings. The molecule has 1 aliphatic carbocycles. The summed E-state index contributed by atoms with van der Waals surface area (Å²) >= 11 is 0. The van der Waals surface area contributed by atoms with Gasteiger partial charge in [0.05, 0.1) is 12.5 Å². The number of carboxylic acid groups (broad SMARTS) is 1. The lowest BCUT2D eigenvalue weighted by molar-refractivity contribution is -0.141. The fraction of sp³-hybridized carbons (Fsp3) is 0.308. The number of aliphatic carboxylic acids is 1.